The first-order chi connectivity index (χ1) is 9.61. The summed E-state index contributed by atoms with van der Waals surface area (Å²) in [7, 11) is 1.62. The Balaban J connectivity index is 2.07. The second kappa shape index (κ2) is 6.97. The van der Waals surface area contributed by atoms with Crippen molar-refractivity contribution in [1.82, 2.24) is 0 Å². The van der Waals surface area contributed by atoms with Gasteiger partial charge in [0.15, 0.2) is 0 Å². The molecule has 106 valence electrons. The van der Waals surface area contributed by atoms with E-state index >= 15 is 0 Å². The lowest BCUT2D eigenvalue weighted by Crippen LogP contribution is -2.12. The van der Waals surface area contributed by atoms with E-state index in [1.807, 2.05) is 36.4 Å². The van der Waals surface area contributed by atoms with Crippen molar-refractivity contribution in [1.29, 1.82) is 0 Å². The minimum absolute atomic E-state index is 0.357. The van der Waals surface area contributed by atoms with E-state index in [0.717, 1.165) is 15.9 Å². The zero-order valence-electron chi connectivity index (χ0n) is 10.9. The van der Waals surface area contributed by atoms with Crippen LogP contribution >= 0.6 is 27.5 Å². The highest BCUT2D eigenvalue weighted by atomic mass is 79.9. The van der Waals surface area contributed by atoms with Gasteiger partial charge in [-0.25, -0.2) is 0 Å². The first kappa shape index (κ1) is 15.2. The van der Waals surface area contributed by atoms with Crippen LogP contribution in [0.4, 0.5) is 5.69 Å². The van der Waals surface area contributed by atoms with Crippen LogP contribution in [0, 0.1) is 0 Å². The number of hydrogen-bond acceptors (Lipinski definition) is 3. The Hall–Kier alpha value is -1.23. The predicted molar refractivity (Wildman–Crippen MR) is 85.6 cm³/mol. The van der Waals surface area contributed by atoms with Crippen molar-refractivity contribution < 1.29 is 9.84 Å². The number of benzene rings is 2. The minimum Gasteiger partial charge on any atom is -0.497 e. The summed E-state index contributed by atoms with van der Waals surface area (Å²) >= 11 is 9.52. The summed E-state index contributed by atoms with van der Waals surface area (Å²) in [5.74, 6) is 0.753. The lowest BCUT2D eigenvalue weighted by molar-refractivity contribution is 0.191. The molecule has 1 atom stereocenters. The Morgan fingerprint density at radius 1 is 1.30 bits per heavy atom. The highest BCUT2D eigenvalue weighted by molar-refractivity contribution is 9.10. The minimum atomic E-state index is -0.679. The summed E-state index contributed by atoms with van der Waals surface area (Å²) in [6.07, 6.45) is -0.679. The molecule has 2 rings (SSSR count). The van der Waals surface area contributed by atoms with Gasteiger partial charge in [-0.3, -0.25) is 0 Å². The van der Waals surface area contributed by atoms with Crippen molar-refractivity contribution >= 4 is 33.2 Å². The molecule has 2 aromatic rings. The SMILES string of the molecule is COc1ccc(Br)c(NCC(O)c2ccccc2Cl)c1. The molecule has 0 spiro atoms. The molecule has 0 saturated carbocycles. The van der Waals surface area contributed by atoms with Crippen molar-refractivity contribution in [3.63, 3.8) is 0 Å². The Kier molecular flexibility index (Phi) is 5.29. The van der Waals surface area contributed by atoms with Gasteiger partial charge in [0.1, 0.15) is 5.75 Å². The average Bonchev–Trinajstić information content (AvgIpc) is 2.46. The number of methoxy groups -OCH3 is 1. The Labute approximate surface area is 131 Å². The van der Waals surface area contributed by atoms with Crippen LogP contribution < -0.4 is 10.1 Å². The van der Waals surface area contributed by atoms with Crippen molar-refractivity contribution in [3.8, 4) is 5.75 Å². The third-order valence-electron chi connectivity index (χ3n) is 2.92. The second-order valence-electron chi connectivity index (χ2n) is 4.26. The summed E-state index contributed by atoms with van der Waals surface area (Å²) in [5.41, 5.74) is 1.57. The van der Waals surface area contributed by atoms with Crippen LogP contribution in [0.1, 0.15) is 11.7 Å². The van der Waals surface area contributed by atoms with Gasteiger partial charge in [0.25, 0.3) is 0 Å². The van der Waals surface area contributed by atoms with E-state index in [1.165, 1.54) is 0 Å². The molecule has 2 N–H and O–H groups in total. The molecule has 0 aliphatic rings. The molecule has 0 bridgehead atoms. The molecule has 0 aliphatic heterocycles. The summed E-state index contributed by atoms with van der Waals surface area (Å²) in [4.78, 5) is 0. The normalized spacial score (nSPS) is 12.0. The van der Waals surface area contributed by atoms with Gasteiger partial charge in [0.05, 0.1) is 18.9 Å². The van der Waals surface area contributed by atoms with Gasteiger partial charge in [-0.15, -0.1) is 0 Å². The standard InChI is InChI=1S/C15H15BrClNO2/c1-20-10-6-7-12(16)14(8-10)18-9-15(19)11-4-2-3-5-13(11)17/h2-8,15,18-19H,9H2,1H3. The fraction of sp³-hybridized carbons (Fsp3) is 0.200. The molecule has 0 saturated heterocycles. The zero-order chi connectivity index (χ0) is 14.5. The number of hydrogen-bond donors (Lipinski definition) is 2. The molecule has 0 radical (unpaired) electrons. The Morgan fingerprint density at radius 2 is 2.05 bits per heavy atom. The van der Waals surface area contributed by atoms with E-state index in [1.54, 1.807) is 13.2 Å². The van der Waals surface area contributed by atoms with Crippen molar-refractivity contribution in [2.45, 2.75) is 6.10 Å². The Bertz CT molecular complexity index is 592. The van der Waals surface area contributed by atoms with Gasteiger partial charge >= 0.3 is 0 Å². The molecule has 3 nitrogen and oxygen atoms in total. The lowest BCUT2D eigenvalue weighted by atomic mass is 10.1. The topological polar surface area (TPSA) is 41.5 Å². The van der Waals surface area contributed by atoms with Gasteiger partial charge in [0, 0.05) is 27.7 Å². The van der Waals surface area contributed by atoms with E-state index in [2.05, 4.69) is 21.2 Å². The van der Waals surface area contributed by atoms with E-state index in [9.17, 15) is 5.11 Å². The summed E-state index contributed by atoms with van der Waals surface area (Å²) in [6.45, 7) is 0.357. The first-order valence-corrected chi connectivity index (χ1v) is 7.29. The number of aliphatic hydroxyl groups is 1. The largest absolute Gasteiger partial charge is 0.497 e. The fourth-order valence-electron chi connectivity index (χ4n) is 1.83. The summed E-state index contributed by atoms with van der Waals surface area (Å²) in [5, 5.41) is 13.9. The predicted octanol–water partition coefficient (Wildman–Crippen LogP) is 4.26. The van der Waals surface area contributed by atoms with Crippen LogP contribution in [-0.4, -0.2) is 18.8 Å². The molecular weight excluding hydrogens is 342 g/mol. The van der Waals surface area contributed by atoms with Crippen molar-refractivity contribution in [2.24, 2.45) is 0 Å². The van der Waals surface area contributed by atoms with Gasteiger partial charge in [-0.1, -0.05) is 29.8 Å². The number of anilines is 1. The fourth-order valence-corrected chi connectivity index (χ4v) is 2.48. The zero-order valence-corrected chi connectivity index (χ0v) is 13.3. The lowest BCUT2D eigenvalue weighted by Gasteiger charge is -2.16. The maximum absolute atomic E-state index is 10.2. The third-order valence-corrected chi connectivity index (χ3v) is 3.96. The smallest absolute Gasteiger partial charge is 0.121 e. The molecule has 1 unspecified atom stereocenters. The van der Waals surface area contributed by atoms with E-state index < -0.39 is 6.10 Å². The highest BCUT2D eigenvalue weighted by Crippen LogP contribution is 2.28. The average molecular weight is 357 g/mol. The number of nitrogens with one attached hydrogen (secondary N) is 1. The number of ether oxygens (including phenoxy) is 1. The van der Waals surface area contributed by atoms with Crippen LogP contribution in [0.25, 0.3) is 0 Å². The van der Waals surface area contributed by atoms with Crippen molar-refractivity contribution in [2.75, 3.05) is 19.0 Å². The number of halogens is 2. The van der Waals surface area contributed by atoms with E-state index in [-0.39, 0.29) is 0 Å². The first-order valence-electron chi connectivity index (χ1n) is 6.11. The Morgan fingerprint density at radius 3 is 2.75 bits per heavy atom. The maximum Gasteiger partial charge on any atom is 0.121 e. The van der Waals surface area contributed by atoms with Gasteiger partial charge < -0.3 is 15.2 Å². The van der Waals surface area contributed by atoms with Crippen LogP contribution in [0.5, 0.6) is 5.75 Å². The molecule has 0 aromatic heterocycles. The molecule has 0 amide bonds. The summed E-state index contributed by atoms with van der Waals surface area (Å²) < 4.78 is 6.08. The third kappa shape index (κ3) is 3.66. The molecular formula is C15H15BrClNO2. The monoisotopic (exact) mass is 355 g/mol. The maximum atomic E-state index is 10.2. The molecule has 5 heteroatoms. The number of aliphatic hydroxyl groups excluding tert-OH is 1. The van der Waals surface area contributed by atoms with E-state index in [0.29, 0.717) is 17.1 Å². The van der Waals surface area contributed by atoms with Crippen LogP contribution in [0.15, 0.2) is 46.9 Å². The van der Waals surface area contributed by atoms with Crippen LogP contribution in [0.3, 0.4) is 0 Å². The van der Waals surface area contributed by atoms with Gasteiger partial charge in [0.2, 0.25) is 0 Å². The van der Waals surface area contributed by atoms with E-state index in [4.69, 9.17) is 16.3 Å². The molecule has 2 aromatic carbocycles. The molecule has 0 heterocycles. The second-order valence-corrected chi connectivity index (χ2v) is 5.53. The highest BCUT2D eigenvalue weighted by Gasteiger charge is 2.11. The van der Waals surface area contributed by atoms with Gasteiger partial charge in [-0.05, 0) is 34.1 Å². The molecule has 0 aliphatic carbocycles. The van der Waals surface area contributed by atoms with Crippen LogP contribution in [-0.2, 0) is 0 Å². The van der Waals surface area contributed by atoms with Crippen LogP contribution in [0.2, 0.25) is 5.02 Å². The molecule has 20 heavy (non-hydrogen) atoms. The van der Waals surface area contributed by atoms with Crippen molar-refractivity contribution in [3.05, 3.63) is 57.5 Å². The molecule has 0 fully saturated rings. The number of rotatable bonds is 5. The quantitative estimate of drug-likeness (QED) is 0.841. The summed E-state index contributed by atoms with van der Waals surface area (Å²) in [6, 6.07) is 12.9. The van der Waals surface area contributed by atoms with Gasteiger partial charge in [-0.2, -0.15) is 0 Å².